The van der Waals surface area contributed by atoms with E-state index in [-0.39, 0.29) is 5.82 Å². The normalized spacial score (nSPS) is 23.7. The Labute approximate surface area is 124 Å². The predicted molar refractivity (Wildman–Crippen MR) is 85.5 cm³/mol. The number of nitrogens with one attached hydrogen (secondary N) is 1. The SMILES string of the molecule is C/C1=C2\C=C(c3ccc(F)cc3)CN=C2CCC/C=C/N1. The van der Waals surface area contributed by atoms with Gasteiger partial charge in [-0.1, -0.05) is 18.2 Å². The lowest BCUT2D eigenvalue weighted by molar-refractivity contribution is 0.627. The number of rotatable bonds is 1. The van der Waals surface area contributed by atoms with Gasteiger partial charge in [0.05, 0.1) is 6.54 Å². The second-order valence-electron chi connectivity index (χ2n) is 5.42. The van der Waals surface area contributed by atoms with E-state index in [0.717, 1.165) is 36.1 Å². The zero-order valence-corrected chi connectivity index (χ0v) is 12.2. The van der Waals surface area contributed by atoms with Gasteiger partial charge >= 0.3 is 0 Å². The molecule has 2 heterocycles. The first-order chi connectivity index (χ1) is 10.2. The third-order valence-corrected chi connectivity index (χ3v) is 3.89. The molecule has 0 bridgehead atoms. The van der Waals surface area contributed by atoms with Crippen LogP contribution < -0.4 is 5.32 Å². The molecule has 2 nitrogen and oxygen atoms in total. The number of benzene rings is 1. The van der Waals surface area contributed by atoms with Crippen LogP contribution in [-0.2, 0) is 0 Å². The molecule has 3 heteroatoms. The van der Waals surface area contributed by atoms with Gasteiger partial charge in [-0.3, -0.25) is 4.99 Å². The highest BCUT2D eigenvalue weighted by atomic mass is 19.1. The van der Waals surface area contributed by atoms with Crippen molar-refractivity contribution in [3.05, 3.63) is 65.3 Å². The molecule has 2 aliphatic rings. The standard InChI is InChI=1S/C18H19FN2/c1-13-17-11-15(14-6-8-16(19)9-7-14)12-21-18(17)5-3-2-4-10-20-13/h4,6-11,20H,2-3,5,12H2,1H3/b10-4+,17-13-. The van der Waals surface area contributed by atoms with Gasteiger partial charge in [0.2, 0.25) is 0 Å². The Bertz CT molecular complexity index is 648. The number of dihydropyridines is 1. The van der Waals surface area contributed by atoms with Gasteiger partial charge in [0.1, 0.15) is 5.82 Å². The van der Waals surface area contributed by atoms with Crippen molar-refractivity contribution in [2.75, 3.05) is 6.54 Å². The van der Waals surface area contributed by atoms with Gasteiger partial charge in [-0.15, -0.1) is 0 Å². The van der Waals surface area contributed by atoms with Crippen LogP contribution in [0, 0.1) is 5.82 Å². The Kier molecular flexibility index (Phi) is 4.00. The maximum atomic E-state index is 13.1. The molecule has 108 valence electrons. The predicted octanol–water partition coefficient (Wildman–Crippen LogP) is 4.22. The molecule has 3 rings (SSSR count). The van der Waals surface area contributed by atoms with E-state index in [1.54, 1.807) is 0 Å². The summed E-state index contributed by atoms with van der Waals surface area (Å²) in [6.45, 7) is 2.75. The molecule has 0 saturated heterocycles. The van der Waals surface area contributed by atoms with Crippen LogP contribution >= 0.6 is 0 Å². The third-order valence-electron chi connectivity index (χ3n) is 3.89. The Morgan fingerprint density at radius 1 is 1.19 bits per heavy atom. The quantitative estimate of drug-likeness (QED) is 0.819. The van der Waals surface area contributed by atoms with Crippen LogP contribution in [0.25, 0.3) is 5.57 Å². The van der Waals surface area contributed by atoms with Gasteiger partial charge in [-0.05, 0) is 61.7 Å². The van der Waals surface area contributed by atoms with Crippen LogP contribution in [0.5, 0.6) is 0 Å². The van der Waals surface area contributed by atoms with Gasteiger partial charge in [-0.2, -0.15) is 0 Å². The molecule has 0 aliphatic carbocycles. The minimum Gasteiger partial charge on any atom is -0.365 e. The highest BCUT2D eigenvalue weighted by Gasteiger charge is 2.16. The minimum absolute atomic E-state index is 0.205. The van der Waals surface area contributed by atoms with Crippen molar-refractivity contribution in [2.45, 2.75) is 26.2 Å². The summed E-state index contributed by atoms with van der Waals surface area (Å²) in [5.74, 6) is -0.205. The zero-order chi connectivity index (χ0) is 14.7. The van der Waals surface area contributed by atoms with Crippen LogP contribution in [0.1, 0.15) is 31.7 Å². The maximum Gasteiger partial charge on any atom is 0.123 e. The molecule has 21 heavy (non-hydrogen) atoms. The number of fused-ring (bicyclic) bond motifs is 1. The molecule has 1 N–H and O–H groups in total. The lowest BCUT2D eigenvalue weighted by atomic mass is 9.94. The number of halogens is 1. The summed E-state index contributed by atoms with van der Waals surface area (Å²) in [5.41, 5.74) is 5.64. The maximum absolute atomic E-state index is 13.1. The van der Waals surface area contributed by atoms with Gasteiger partial charge in [-0.25, -0.2) is 4.39 Å². The van der Waals surface area contributed by atoms with E-state index in [1.165, 1.54) is 23.4 Å². The van der Waals surface area contributed by atoms with Crippen molar-refractivity contribution in [1.29, 1.82) is 0 Å². The fourth-order valence-corrected chi connectivity index (χ4v) is 2.68. The van der Waals surface area contributed by atoms with Gasteiger partial charge < -0.3 is 5.32 Å². The third kappa shape index (κ3) is 3.13. The second-order valence-corrected chi connectivity index (χ2v) is 5.42. The fourth-order valence-electron chi connectivity index (χ4n) is 2.68. The fraction of sp³-hybridized carbons (Fsp3) is 0.278. The monoisotopic (exact) mass is 282 g/mol. The average molecular weight is 282 g/mol. The summed E-state index contributed by atoms with van der Waals surface area (Å²) < 4.78 is 13.1. The van der Waals surface area contributed by atoms with E-state index in [1.807, 2.05) is 18.3 Å². The number of nitrogens with zero attached hydrogens (tertiary/aromatic N) is 1. The Hall–Kier alpha value is -2.16. The summed E-state index contributed by atoms with van der Waals surface area (Å²) in [7, 11) is 0. The van der Waals surface area contributed by atoms with Gasteiger partial charge in [0, 0.05) is 17.0 Å². The molecule has 0 atom stereocenters. The molecule has 0 amide bonds. The van der Waals surface area contributed by atoms with E-state index in [0.29, 0.717) is 6.54 Å². The summed E-state index contributed by atoms with van der Waals surface area (Å²) in [6, 6.07) is 6.64. The highest BCUT2D eigenvalue weighted by Crippen LogP contribution is 2.26. The number of allylic oxidation sites excluding steroid dienone is 4. The van der Waals surface area contributed by atoms with Crippen LogP contribution in [0.2, 0.25) is 0 Å². The Morgan fingerprint density at radius 2 is 2.00 bits per heavy atom. The van der Waals surface area contributed by atoms with E-state index >= 15 is 0 Å². The minimum atomic E-state index is -0.205. The molecule has 0 fully saturated rings. The molecule has 1 aromatic carbocycles. The first-order valence-electron chi connectivity index (χ1n) is 7.36. The van der Waals surface area contributed by atoms with Crippen molar-refractivity contribution in [3.63, 3.8) is 0 Å². The van der Waals surface area contributed by atoms with Crippen molar-refractivity contribution in [3.8, 4) is 0 Å². The van der Waals surface area contributed by atoms with Crippen LogP contribution in [0.3, 0.4) is 0 Å². The molecule has 0 unspecified atom stereocenters. The van der Waals surface area contributed by atoms with Crippen LogP contribution in [0.4, 0.5) is 4.39 Å². The van der Waals surface area contributed by atoms with E-state index in [9.17, 15) is 4.39 Å². The first-order valence-corrected chi connectivity index (χ1v) is 7.36. The van der Waals surface area contributed by atoms with E-state index in [4.69, 9.17) is 4.99 Å². The van der Waals surface area contributed by atoms with E-state index in [2.05, 4.69) is 24.4 Å². The molecule has 0 saturated carbocycles. The first kappa shape index (κ1) is 13.8. The van der Waals surface area contributed by atoms with Crippen molar-refractivity contribution in [1.82, 2.24) is 5.32 Å². The molecule has 1 aromatic rings. The topological polar surface area (TPSA) is 24.4 Å². The van der Waals surface area contributed by atoms with Gasteiger partial charge in [0.15, 0.2) is 0 Å². The number of aliphatic imine (C=N–C) groups is 1. The highest BCUT2D eigenvalue weighted by molar-refractivity contribution is 6.06. The van der Waals surface area contributed by atoms with Crippen molar-refractivity contribution >= 4 is 11.3 Å². The molecule has 2 aliphatic heterocycles. The number of hydrogen-bond donors (Lipinski definition) is 1. The molecular weight excluding hydrogens is 263 g/mol. The summed E-state index contributed by atoms with van der Waals surface area (Å²) in [6.07, 6.45) is 9.55. The van der Waals surface area contributed by atoms with E-state index < -0.39 is 0 Å². The van der Waals surface area contributed by atoms with Crippen LogP contribution in [-0.4, -0.2) is 12.3 Å². The summed E-state index contributed by atoms with van der Waals surface area (Å²) >= 11 is 0. The lowest BCUT2D eigenvalue weighted by Gasteiger charge is -2.18. The van der Waals surface area contributed by atoms with Crippen molar-refractivity contribution in [2.24, 2.45) is 4.99 Å². The van der Waals surface area contributed by atoms with Crippen LogP contribution in [0.15, 0.2) is 58.9 Å². The van der Waals surface area contributed by atoms with Gasteiger partial charge in [0.25, 0.3) is 0 Å². The largest absolute Gasteiger partial charge is 0.365 e. The molecule has 0 radical (unpaired) electrons. The Morgan fingerprint density at radius 3 is 2.81 bits per heavy atom. The number of hydrogen-bond acceptors (Lipinski definition) is 2. The van der Waals surface area contributed by atoms with Crippen molar-refractivity contribution < 1.29 is 4.39 Å². The average Bonchev–Trinajstić information content (AvgIpc) is 2.59. The zero-order valence-electron chi connectivity index (χ0n) is 12.2. The molecular formula is C18H19FN2. The lowest BCUT2D eigenvalue weighted by Crippen LogP contribution is -2.14. The second kappa shape index (κ2) is 6.08. The summed E-state index contributed by atoms with van der Waals surface area (Å²) in [5, 5.41) is 3.32. The smallest absolute Gasteiger partial charge is 0.123 e. The molecule has 0 spiro atoms. The Balaban J connectivity index is 1.96. The molecule has 0 aromatic heterocycles. The summed E-state index contributed by atoms with van der Waals surface area (Å²) in [4.78, 5) is 4.75.